The number of nitrogens with zero attached hydrogens (tertiary/aromatic N) is 1. The van der Waals surface area contributed by atoms with Crippen molar-refractivity contribution in [3.8, 4) is 0 Å². The van der Waals surface area contributed by atoms with E-state index in [1.165, 1.54) is 7.11 Å². The number of hydrogen-bond acceptors (Lipinski definition) is 3. The number of carbonyl (C=O) groups excluding carboxylic acids is 1. The first-order valence-electron chi connectivity index (χ1n) is 4.55. The third-order valence-electron chi connectivity index (χ3n) is 1.75. The van der Waals surface area contributed by atoms with Gasteiger partial charge in [0.25, 0.3) is 0 Å². The fraction of sp³-hybridized carbons (Fsp3) is 0.455. The van der Waals surface area contributed by atoms with Crippen molar-refractivity contribution in [1.29, 1.82) is 0 Å². The predicted molar refractivity (Wildman–Crippen MR) is 58.3 cm³/mol. The van der Waals surface area contributed by atoms with Gasteiger partial charge in [-0.1, -0.05) is 19.6 Å². The molecule has 0 amide bonds. The summed E-state index contributed by atoms with van der Waals surface area (Å²) in [5.41, 5.74) is 1.79. The Morgan fingerprint density at radius 3 is 2.64 bits per heavy atom. The third kappa shape index (κ3) is 5.30. The van der Waals surface area contributed by atoms with Crippen LogP contribution in [0.3, 0.4) is 0 Å². The lowest BCUT2D eigenvalue weighted by Crippen LogP contribution is -2.05. The molecule has 0 N–H and O–H groups in total. The van der Waals surface area contributed by atoms with Gasteiger partial charge in [0, 0.05) is 11.9 Å². The summed E-state index contributed by atoms with van der Waals surface area (Å²) in [6.45, 7) is 7.48. The molecule has 0 atom stereocenters. The number of carbonyl (C=O) groups is 1. The Kier molecular flexibility index (Phi) is 6.37. The van der Waals surface area contributed by atoms with Crippen LogP contribution in [0.2, 0.25) is 0 Å². The van der Waals surface area contributed by atoms with E-state index in [1.54, 1.807) is 19.2 Å². The van der Waals surface area contributed by atoms with Crippen molar-refractivity contribution < 1.29 is 9.53 Å². The molecule has 0 aromatic heterocycles. The van der Waals surface area contributed by atoms with Crippen LogP contribution in [0.4, 0.5) is 0 Å². The van der Waals surface area contributed by atoms with Gasteiger partial charge < -0.3 is 4.74 Å². The van der Waals surface area contributed by atoms with E-state index in [0.29, 0.717) is 0 Å². The lowest BCUT2D eigenvalue weighted by molar-refractivity contribution is -0.139. The molecule has 78 valence electrons. The van der Waals surface area contributed by atoms with Gasteiger partial charge in [0.15, 0.2) is 0 Å². The van der Waals surface area contributed by atoms with Gasteiger partial charge in [-0.2, -0.15) is 0 Å². The lowest BCUT2D eigenvalue weighted by Gasteiger charge is -1.97. The maximum Gasteiger partial charge on any atom is 0.311 e. The summed E-state index contributed by atoms with van der Waals surface area (Å²) in [7, 11) is 1.37. The summed E-state index contributed by atoms with van der Waals surface area (Å²) < 4.78 is 4.52. The van der Waals surface area contributed by atoms with Gasteiger partial charge in [-0.05, 0) is 18.9 Å². The summed E-state index contributed by atoms with van der Waals surface area (Å²) in [6.07, 6.45) is 4.61. The maximum absolute atomic E-state index is 10.9. The highest BCUT2D eigenvalue weighted by molar-refractivity contribution is 5.97. The van der Waals surface area contributed by atoms with E-state index in [1.807, 2.05) is 6.92 Å². The highest BCUT2D eigenvalue weighted by Crippen LogP contribution is 2.02. The number of allylic oxidation sites excluding steroid dienone is 2. The van der Waals surface area contributed by atoms with Gasteiger partial charge in [-0.3, -0.25) is 9.79 Å². The Hall–Kier alpha value is -1.38. The number of methoxy groups -OCH3 is 1. The number of aliphatic imine (C=N–C) groups is 1. The van der Waals surface area contributed by atoms with Gasteiger partial charge in [0.05, 0.1) is 13.5 Å². The summed E-state index contributed by atoms with van der Waals surface area (Å²) in [6, 6.07) is 0. The molecule has 0 aliphatic rings. The first-order valence-corrected chi connectivity index (χ1v) is 4.55. The fourth-order valence-electron chi connectivity index (χ4n) is 0.808. The summed E-state index contributed by atoms with van der Waals surface area (Å²) in [5.74, 6) is -0.267. The molecule has 3 heteroatoms. The van der Waals surface area contributed by atoms with Crippen LogP contribution < -0.4 is 0 Å². The highest BCUT2D eigenvalue weighted by Gasteiger charge is 2.01. The van der Waals surface area contributed by atoms with Gasteiger partial charge >= 0.3 is 5.97 Å². The van der Waals surface area contributed by atoms with Crippen LogP contribution in [0.15, 0.2) is 29.4 Å². The van der Waals surface area contributed by atoms with Gasteiger partial charge in [0.2, 0.25) is 0 Å². The van der Waals surface area contributed by atoms with Crippen molar-refractivity contribution >= 4 is 11.7 Å². The second kappa shape index (κ2) is 7.06. The number of rotatable bonds is 5. The molecule has 0 aromatic carbocycles. The molecule has 0 unspecified atom stereocenters. The van der Waals surface area contributed by atoms with E-state index in [0.717, 1.165) is 17.7 Å². The van der Waals surface area contributed by atoms with E-state index in [4.69, 9.17) is 0 Å². The fourth-order valence-corrected chi connectivity index (χ4v) is 0.808. The summed E-state index contributed by atoms with van der Waals surface area (Å²) in [5, 5.41) is 0. The van der Waals surface area contributed by atoms with Gasteiger partial charge in [-0.15, -0.1) is 0 Å². The average Bonchev–Trinajstić information content (AvgIpc) is 2.19. The van der Waals surface area contributed by atoms with Crippen molar-refractivity contribution in [2.75, 3.05) is 7.11 Å². The topological polar surface area (TPSA) is 38.7 Å². The highest BCUT2D eigenvalue weighted by atomic mass is 16.5. The van der Waals surface area contributed by atoms with E-state index in [9.17, 15) is 4.79 Å². The lowest BCUT2D eigenvalue weighted by atomic mass is 10.2. The summed E-state index contributed by atoms with van der Waals surface area (Å²) >= 11 is 0. The molecule has 0 spiro atoms. The minimum atomic E-state index is -0.267. The third-order valence-corrected chi connectivity index (χ3v) is 1.75. The predicted octanol–water partition coefficient (Wildman–Crippen LogP) is 2.49. The molecule has 0 fully saturated rings. The number of ether oxygens (including phenoxy) is 1. The maximum atomic E-state index is 10.9. The molecule has 0 saturated heterocycles. The van der Waals surface area contributed by atoms with E-state index in [2.05, 4.69) is 16.3 Å². The largest absolute Gasteiger partial charge is 0.469 e. The number of hydrogen-bond donors (Lipinski definition) is 0. The molecule has 0 radical (unpaired) electrons. The standard InChI is InChI=1S/C11H17NO2/c1-5-10(6-2)8-12-9(3)7-11(13)14-4/h5,8H,1,6-7H2,2-4H3/b10-8+,12-9?. The van der Waals surface area contributed by atoms with Crippen LogP contribution in [0.1, 0.15) is 26.7 Å². The molecule has 0 heterocycles. The molecule has 0 aliphatic carbocycles. The van der Waals surface area contributed by atoms with Crippen LogP contribution in [0, 0.1) is 0 Å². The van der Waals surface area contributed by atoms with Crippen molar-refractivity contribution in [1.82, 2.24) is 0 Å². The van der Waals surface area contributed by atoms with Crippen LogP contribution >= 0.6 is 0 Å². The van der Waals surface area contributed by atoms with Crippen LogP contribution in [0.5, 0.6) is 0 Å². The van der Waals surface area contributed by atoms with Crippen molar-refractivity contribution in [2.24, 2.45) is 4.99 Å². The normalized spacial score (nSPS) is 12.5. The van der Waals surface area contributed by atoms with E-state index >= 15 is 0 Å². The molecular weight excluding hydrogens is 178 g/mol. The summed E-state index contributed by atoms with van der Waals surface area (Å²) in [4.78, 5) is 15.0. The minimum absolute atomic E-state index is 0.237. The zero-order valence-electron chi connectivity index (χ0n) is 9.04. The van der Waals surface area contributed by atoms with Gasteiger partial charge in [-0.25, -0.2) is 0 Å². The molecule has 0 saturated carbocycles. The molecule has 0 aromatic rings. The second-order valence-corrected chi connectivity index (χ2v) is 2.88. The first kappa shape index (κ1) is 12.6. The van der Waals surface area contributed by atoms with Crippen molar-refractivity contribution in [3.05, 3.63) is 24.4 Å². The van der Waals surface area contributed by atoms with Crippen LogP contribution in [0.25, 0.3) is 0 Å². The minimum Gasteiger partial charge on any atom is -0.469 e. The Bertz CT molecular complexity index is 264. The molecule has 0 aliphatic heterocycles. The quantitative estimate of drug-likeness (QED) is 0.384. The average molecular weight is 195 g/mol. The Balaban J connectivity index is 4.30. The molecular formula is C11H17NO2. The van der Waals surface area contributed by atoms with E-state index < -0.39 is 0 Å². The Morgan fingerprint density at radius 2 is 2.21 bits per heavy atom. The molecule has 0 rings (SSSR count). The first-order chi connectivity index (χ1) is 6.63. The molecule has 0 bridgehead atoms. The van der Waals surface area contributed by atoms with E-state index in [-0.39, 0.29) is 12.4 Å². The van der Waals surface area contributed by atoms with Crippen molar-refractivity contribution in [3.63, 3.8) is 0 Å². The van der Waals surface area contributed by atoms with Crippen molar-refractivity contribution in [2.45, 2.75) is 26.7 Å². The molecule has 14 heavy (non-hydrogen) atoms. The van der Waals surface area contributed by atoms with Gasteiger partial charge in [0.1, 0.15) is 0 Å². The zero-order valence-corrected chi connectivity index (χ0v) is 9.04. The van der Waals surface area contributed by atoms with Crippen LogP contribution in [-0.4, -0.2) is 18.8 Å². The smallest absolute Gasteiger partial charge is 0.311 e. The Labute approximate surface area is 85.2 Å². The monoisotopic (exact) mass is 195 g/mol. The zero-order chi connectivity index (χ0) is 11.0. The Morgan fingerprint density at radius 1 is 1.57 bits per heavy atom. The molecule has 3 nitrogen and oxygen atoms in total. The second-order valence-electron chi connectivity index (χ2n) is 2.88. The SMILES string of the molecule is C=C/C(=C\N=C(C)CC(=O)OC)CC. The van der Waals surface area contributed by atoms with Crippen LogP contribution in [-0.2, 0) is 9.53 Å². The number of esters is 1.